The van der Waals surface area contributed by atoms with Crippen LogP contribution in [0.5, 0.6) is 0 Å². The molecule has 2 rings (SSSR count). The predicted molar refractivity (Wildman–Crippen MR) is 77.2 cm³/mol. The van der Waals surface area contributed by atoms with Crippen LogP contribution in [-0.2, 0) is 6.54 Å². The van der Waals surface area contributed by atoms with Gasteiger partial charge in [0.05, 0.1) is 0 Å². The summed E-state index contributed by atoms with van der Waals surface area (Å²) >= 11 is 0. The summed E-state index contributed by atoms with van der Waals surface area (Å²) in [6.07, 6.45) is 1.32. The third-order valence-electron chi connectivity index (χ3n) is 3.68. The molecule has 0 amide bonds. The lowest BCUT2D eigenvalue weighted by Gasteiger charge is -2.35. The highest BCUT2D eigenvalue weighted by Gasteiger charge is 2.21. The van der Waals surface area contributed by atoms with Gasteiger partial charge in [-0.25, -0.2) is 0 Å². The number of rotatable bonds is 3. The monoisotopic (exact) mass is 261 g/mol. The molecule has 4 nitrogen and oxygen atoms in total. The number of piperidine rings is 1. The second-order valence-corrected chi connectivity index (χ2v) is 5.83. The van der Waals surface area contributed by atoms with E-state index >= 15 is 0 Å². The predicted octanol–water partition coefficient (Wildman–Crippen LogP) is 2.26. The Kier molecular flexibility index (Phi) is 4.43. The van der Waals surface area contributed by atoms with Gasteiger partial charge >= 0.3 is 0 Å². The van der Waals surface area contributed by atoms with E-state index in [2.05, 4.69) is 30.0 Å². The third-order valence-corrected chi connectivity index (χ3v) is 3.68. The Labute approximate surface area is 114 Å². The van der Waals surface area contributed by atoms with E-state index in [0.717, 1.165) is 37.0 Å². The van der Waals surface area contributed by atoms with Crippen molar-refractivity contribution in [1.82, 2.24) is 4.90 Å². The molecule has 0 aromatic heterocycles. The first kappa shape index (κ1) is 13.9. The highest BCUT2D eigenvalue weighted by Crippen LogP contribution is 2.22. The van der Waals surface area contributed by atoms with Gasteiger partial charge in [-0.2, -0.15) is 0 Å². The minimum absolute atomic E-state index is 0.169. The molecule has 1 saturated heterocycles. The van der Waals surface area contributed by atoms with Crippen LogP contribution in [0.1, 0.15) is 31.4 Å². The van der Waals surface area contributed by atoms with Crippen LogP contribution in [0, 0.1) is 11.8 Å². The lowest BCUT2D eigenvalue weighted by molar-refractivity contribution is 0.134. The minimum atomic E-state index is 0.169. The SMILES string of the molecule is CC1CC(C)CN(Cc2cccc(/C(N)=N/O)c2)C1. The van der Waals surface area contributed by atoms with E-state index in [1.165, 1.54) is 12.0 Å². The Morgan fingerprint density at radius 1 is 1.37 bits per heavy atom. The molecule has 0 saturated carbocycles. The molecule has 4 heteroatoms. The van der Waals surface area contributed by atoms with Gasteiger partial charge in [0.15, 0.2) is 5.84 Å². The van der Waals surface area contributed by atoms with Crippen LogP contribution in [0.4, 0.5) is 0 Å². The van der Waals surface area contributed by atoms with Gasteiger partial charge in [-0.3, -0.25) is 4.90 Å². The largest absolute Gasteiger partial charge is 0.409 e. The number of benzene rings is 1. The molecule has 2 atom stereocenters. The fourth-order valence-electron chi connectivity index (χ4n) is 3.07. The Morgan fingerprint density at radius 3 is 2.68 bits per heavy atom. The van der Waals surface area contributed by atoms with Crippen molar-refractivity contribution in [2.24, 2.45) is 22.7 Å². The molecule has 0 radical (unpaired) electrons. The summed E-state index contributed by atoms with van der Waals surface area (Å²) in [4.78, 5) is 2.49. The van der Waals surface area contributed by atoms with Crippen molar-refractivity contribution in [2.45, 2.75) is 26.8 Å². The molecule has 1 aliphatic rings. The van der Waals surface area contributed by atoms with E-state index in [4.69, 9.17) is 10.9 Å². The van der Waals surface area contributed by atoms with Crippen LogP contribution in [0.3, 0.4) is 0 Å². The second-order valence-electron chi connectivity index (χ2n) is 5.83. The Hall–Kier alpha value is -1.55. The van der Waals surface area contributed by atoms with Crippen molar-refractivity contribution < 1.29 is 5.21 Å². The quantitative estimate of drug-likeness (QED) is 0.380. The zero-order valence-corrected chi connectivity index (χ0v) is 11.7. The normalized spacial score (nSPS) is 25.5. The topological polar surface area (TPSA) is 61.8 Å². The Balaban J connectivity index is 2.06. The van der Waals surface area contributed by atoms with Gasteiger partial charge in [0.1, 0.15) is 0 Å². The van der Waals surface area contributed by atoms with E-state index in [1.807, 2.05) is 18.2 Å². The number of hydrogen-bond donors (Lipinski definition) is 2. The van der Waals surface area contributed by atoms with Gasteiger partial charge in [0.2, 0.25) is 0 Å². The van der Waals surface area contributed by atoms with Crippen molar-refractivity contribution >= 4 is 5.84 Å². The fourth-order valence-corrected chi connectivity index (χ4v) is 3.07. The molecule has 1 heterocycles. The first-order valence-corrected chi connectivity index (χ1v) is 6.87. The first-order valence-electron chi connectivity index (χ1n) is 6.87. The Morgan fingerprint density at radius 2 is 2.05 bits per heavy atom. The summed E-state index contributed by atoms with van der Waals surface area (Å²) in [6, 6.07) is 7.91. The number of likely N-dealkylation sites (tertiary alicyclic amines) is 1. The number of nitrogens with zero attached hydrogens (tertiary/aromatic N) is 2. The van der Waals surface area contributed by atoms with Crippen molar-refractivity contribution in [3.63, 3.8) is 0 Å². The standard InChI is InChI=1S/C15H23N3O/c1-11-6-12(2)9-18(8-11)10-13-4-3-5-14(7-13)15(16)17-19/h3-5,7,11-12,19H,6,8-10H2,1-2H3,(H2,16,17). The zero-order chi connectivity index (χ0) is 13.8. The number of oxime groups is 1. The molecule has 1 aromatic rings. The van der Waals surface area contributed by atoms with Crippen molar-refractivity contribution in [2.75, 3.05) is 13.1 Å². The highest BCUT2D eigenvalue weighted by atomic mass is 16.4. The van der Waals surface area contributed by atoms with Crippen LogP contribution in [0.25, 0.3) is 0 Å². The summed E-state index contributed by atoms with van der Waals surface area (Å²) in [5.74, 6) is 1.69. The summed E-state index contributed by atoms with van der Waals surface area (Å²) in [7, 11) is 0. The third kappa shape index (κ3) is 3.70. The lowest BCUT2D eigenvalue weighted by Crippen LogP contribution is -2.38. The fraction of sp³-hybridized carbons (Fsp3) is 0.533. The molecular formula is C15H23N3O. The maximum absolute atomic E-state index is 8.72. The molecule has 0 aliphatic carbocycles. The van der Waals surface area contributed by atoms with Gasteiger partial charge in [0.25, 0.3) is 0 Å². The molecule has 1 fully saturated rings. The number of nitrogens with two attached hydrogens (primary N) is 1. The van der Waals surface area contributed by atoms with Gasteiger partial charge in [0, 0.05) is 25.2 Å². The molecule has 0 spiro atoms. The van der Waals surface area contributed by atoms with Crippen molar-refractivity contribution in [3.05, 3.63) is 35.4 Å². The number of amidine groups is 1. The van der Waals surface area contributed by atoms with Crippen molar-refractivity contribution in [3.8, 4) is 0 Å². The van der Waals surface area contributed by atoms with Crippen LogP contribution in [0.2, 0.25) is 0 Å². The van der Waals surface area contributed by atoms with Gasteiger partial charge in [-0.15, -0.1) is 0 Å². The molecular weight excluding hydrogens is 238 g/mol. The smallest absolute Gasteiger partial charge is 0.170 e. The summed E-state index contributed by atoms with van der Waals surface area (Å²) in [6.45, 7) is 7.86. The summed E-state index contributed by atoms with van der Waals surface area (Å²) < 4.78 is 0. The average Bonchev–Trinajstić information content (AvgIpc) is 2.37. The second kappa shape index (κ2) is 6.06. The lowest BCUT2D eigenvalue weighted by atomic mass is 9.91. The van der Waals surface area contributed by atoms with E-state index in [-0.39, 0.29) is 5.84 Å². The maximum Gasteiger partial charge on any atom is 0.170 e. The Bertz CT molecular complexity index is 448. The molecule has 1 aliphatic heterocycles. The van der Waals surface area contributed by atoms with E-state index < -0.39 is 0 Å². The van der Waals surface area contributed by atoms with Crippen molar-refractivity contribution in [1.29, 1.82) is 0 Å². The highest BCUT2D eigenvalue weighted by molar-refractivity contribution is 5.97. The average molecular weight is 261 g/mol. The van der Waals surface area contributed by atoms with Gasteiger partial charge in [-0.1, -0.05) is 37.2 Å². The van der Waals surface area contributed by atoms with Crippen LogP contribution in [0.15, 0.2) is 29.4 Å². The molecule has 104 valence electrons. The van der Waals surface area contributed by atoms with Crippen LogP contribution >= 0.6 is 0 Å². The molecule has 2 unspecified atom stereocenters. The van der Waals surface area contributed by atoms with Crippen LogP contribution in [-0.4, -0.2) is 29.0 Å². The summed E-state index contributed by atoms with van der Waals surface area (Å²) in [5.41, 5.74) is 7.62. The van der Waals surface area contributed by atoms with Crippen LogP contribution < -0.4 is 5.73 Å². The maximum atomic E-state index is 8.72. The van der Waals surface area contributed by atoms with E-state index in [1.54, 1.807) is 0 Å². The summed E-state index contributed by atoms with van der Waals surface area (Å²) in [5, 5.41) is 11.8. The van der Waals surface area contributed by atoms with Gasteiger partial charge in [-0.05, 0) is 29.9 Å². The number of hydrogen-bond acceptors (Lipinski definition) is 3. The van der Waals surface area contributed by atoms with E-state index in [9.17, 15) is 0 Å². The molecule has 19 heavy (non-hydrogen) atoms. The molecule has 0 bridgehead atoms. The zero-order valence-electron chi connectivity index (χ0n) is 11.7. The van der Waals surface area contributed by atoms with Gasteiger partial charge < -0.3 is 10.9 Å². The minimum Gasteiger partial charge on any atom is -0.409 e. The molecule has 3 N–H and O–H groups in total. The molecule has 1 aromatic carbocycles. The van der Waals surface area contributed by atoms with E-state index in [0.29, 0.717) is 0 Å². The first-order chi connectivity index (χ1) is 9.08.